The molecule has 2 aromatic carbocycles. The predicted octanol–water partition coefficient (Wildman–Crippen LogP) is 4.72. The van der Waals surface area contributed by atoms with E-state index in [0.717, 1.165) is 24.9 Å². The summed E-state index contributed by atoms with van der Waals surface area (Å²) in [5.41, 5.74) is 3.15. The lowest BCUT2D eigenvalue weighted by molar-refractivity contribution is -0.132. The molecule has 0 spiro atoms. The highest BCUT2D eigenvalue weighted by Crippen LogP contribution is 2.38. The van der Waals surface area contributed by atoms with Crippen molar-refractivity contribution in [3.8, 4) is 0 Å². The fraction of sp³-hybridized carbons (Fsp3) is 0.333. The molecule has 176 valence electrons. The number of carbonyl (C=O) groups excluding carboxylic acids is 2. The summed E-state index contributed by atoms with van der Waals surface area (Å²) in [6.07, 6.45) is 1.75. The summed E-state index contributed by atoms with van der Waals surface area (Å²) < 4.78 is 0. The van der Waals surface area contributed by atoms with Gasteiger partial charge in [0, 0.05) is 48.2 Å². The molecule has 0 radical (unpaired) electrons. The van der Waals surface area contributed by atoms with Crippen molar-refractivity contribution in [1.29, 1.82) is 0 Å². The van der Waals surface area contributed by atoms with Crippen LogP contribution in [0, 0.1) is 0 Å². The second-order valence-electron chi connectivity index (χ2n) is 8.87. The molecule has 2 aliphatic heterocycles. The lowest BCUT2D eigenvalue weighted by Crippen LogP contribution is -2.45. The first-order valence-corrected chi connectivity index (χ1v) is 13.0. The second kappa shape index (κ2) is 10.3. The maximum absolute atomic E-state index is 13.4. The van der Waals surface area contributed by atoms with E-state index in [4.69, 9.17) is 11.6 Å². The summed E-state index contributed by atoms with van der Waals surface area (Å²) >= 11 is 7.93. The standard InChI is InChI=1S/C27H28ClN3O2S/c28-22-9-7-20(8-10-22)26-23-12-18-34-24(23)11-15-31(26)19-25(32)29-13-4-14-30(17-16-29)27(33)21-5-2-1-3-6-21/h1-3,5-10,12,18,26H,4,11,13-17,19H2/t26-/m0/s1. The Kier molecular flexibility index (Phi) is 6.99. The highest BCUT2D eigenvalue weighted by Gasteiger charge is 2.32. The van der Waals surface area contributed by atoms with Crippen LogP contribution in [0.25, 0.3) is 0 Å². The number of benzene rings is 2. The van der Waals surface area contributed by atoms with E-state index in [1.54, 1.807) is 11.3 Å². The molecule has 0 aliphatic carbocycles. The van der Waals surface area contributed by atoms with Crippen LogP contribution in [-0.4, -0.2) is 65.8 Å². The third-order valence-electron chi connectivity index (χ3n) is 6.75. The Labute approximate surface area is 209 Å². The van der Waals surface area contributed by atoms with E-state index in [9.17, 15) is 9.59 Å². The quantitative estimate of drug-likeness (QED) is 0.528. The monoisotopic (exact) mass is 493 g/mol. The average molecular weight is 494 g/mol. The van der Waals surface area contributed by atoms with Gasteiger partial charge >= 0.3 is 0 Å². The number of hydrogen-bond donors (Lipinski definition) is 0. The molecule has 1 saturated heterocycles. The van der Waals surface area contributed by atoms with E-state index in [2.05, 4.69) is 28.5 Å². The minimum absolute atomic E-state index is 0.0405. The first-order valence-electron chi connectivity index (χ1n) is 11.8. The molecule has 3 aromatic rings. The number of halogens is 1. The van der Waals surface area contributed by atoms with E-state index >= 15 is 0 Å². The number of amides is 2. The number of rotatable bonds is 4. The lowest BCUT2D eigenvalue weighted by atomic mass is 9.93. The van der Waals surface area contributed by atoms with Gasteiger partial charge in [-0.1, -0.05) is 41.9 Å². The molecule has 0 N–H and O–H groups in total. The van der Waals surface area contributed by atoms with Gasteiger partial charge in [0.15, 0.2) is 0 Å². The SMILES string of the molecule is O=C(CN1CCc2sccc2[C@@H]1c1ccc(Cl)cc1)N1CCCN(C(=O)c2ccccc2)CC1. The number of hydrogen-bond acceptors (Lipinski definition) is 4. The van der Waals surface area contributed by atoms with Crippen LogP contribution in [0.1, 0.15) is 38.8 Å². The highest BCUT2D eigenvalue weighted by atomic mass is 35.5. The maximum atomic E-state index is 13.4. The summed E-state index contributed by atoms with van der Waals surface area (Å²) in [5.74, 6) is 0.172. The Morgan fingerprint density at radius 2 is 1.62 bits per heavy atom. The Morgan fingerprint density at radius 3 is 2.41 bits per heavy atom. The van der Waals surface area contributed by atoms with E-state index < -0.39 is 0 Å². The van der Waals surface area contributed by atoms with Crippen LogP contribution in [-0.2, 0) is 11.2 Å². The Bertz CT molecular complexity index is 1150. The van der Waals surface area contributed by atoms with Crippen LogP contribution < -0.4 is 0 Å². The normalized spacial score (nSPS) is 18.9. The van der Waals surface area contributed by atoms with Gasteiger partial charge in [-0.2, -0.15) is 0 Å². The number of carbonyl (C=O) groups is 2. The van der Waals surface area contributed by atoms with Crippen molar-refractivity contribution in [1.82, 2.24) is 14.7 Å². The van der Waals surface area contributed by atoms with Crippen molar-refractivity contribution in [2.24, 2.45) is 0 Å². The van der Waals surface area contributed by atoms with Crippen molar-refractivity contribution in [2.45, 2.75) is 18.9 Å². The highest BCUT2D eigenvalue weighted by molar-refractivity contribution is 7.10. The van der Waals surface area contributed by atoms with Gasteiger partial charge in [0.1, 0.15) is 0 Å². The molecule has 0 unspecified atom stereocenters. The van der Waals surface area contributed by atoms with Crippen molar-refractivity contribution in [3.63, 3.8) is 0 Å². The Morgan fingerprint density at radius 1 is 0.882 bits per heavy atom. The minimum atomic E-state index is 0.0405. The predicted molar refractivity (Wildman–Crippen MR) is 136 cm³/mol. The van der Waals surface area contributed by atoms with Gasteiger partial charge in [-0.05, 0) is 59.7 Å². The van der Waals surface area contributed by atoms with E-state index in [1.807, 2.05) is 52.3 Å². The topological polar surface area (TPSA) is 43.9 Å². The number of nitrogens with zero attached hydrogens (tertiary/aromatic N) is 3. The van der Waals surface area contributed by atoms with Crippen molar-refractivity contribution < 1.29 is 9.59 Å². The van der Waals surface area contributed by atoms with Crippen LogP contribution >= 0.6 is 22.9 Å². The molecule has 3 heterocycles. The number of fused-ring (bicyclic) bond motifs is 1. The summed E-state index contributed by atoms with van der Waals surface area (Å²) in [6.45, 7) is 3.71. The molecular weight excluding hydrogens is 466 g/mol. The van der Waals surface area contributed by atoms with Gasteiger partial charge in [0.25, 0.3) is 5.91 Å². The van der Waals surface area contributed by atoms with Crippen LogP contribution in [0.4, 0.5) is 0 Å². The Hall–Kier alpha value is -2.67. The van der Waals surface area contributed by atoms with Crippen LogP contribution in [0.5, 0.6) is 0 Å². The molecule has 0 saturated carbocycles. The summed E-state index contributed by atoms with van der Waals surface area (Å²) in [4.78, 5) is 33.8. The van der Waals surface area contributed by atoms with Crippen molar-refractivity contribution in [2.75, 3.05) is 39.3 Å². The molecule has 1 aromatic heterocycles. The maximum Gasteiger partial charge on any atom is 0.253 e. The molecule has 1 atom stereocenters. The zero-order chi connectivity index (χ0) is 23.5. The fourth-order valence-corrected chi connectivity index (χ4v) is 6.01. The molecule has 34 heavy (non-hydrogen) atoms. The largest absolute Gasteiger partial charge is 0.340 e. The third-order valence-corrected chi connectivity index (χ3v) is 7.99. The molecule has 5 rings (SSSR count). The third kappa shape index (κ3) is 4.90. The average Bonchev–Trinajstić information content (AvgIpc) is 3.20. The Balaban J connectivity index is 1.27. The molecule has 7 heteroatoms. The minimum Gasteiger partial charge on any atom is -0.340 e. The molecule has 0 bridgehead atoms. The second-order valence-corrected chi connectivity index (χ2v) is 10.3. The lowest BCUT2D eigenvalue weighted by Gasteiger charge is -2.37. The van der Waals surface area contributed by atoms with E-state index in [1.165, 1.54) is 10.4 Å². The first-order chi connectivity index (χ1) is 16.6. The van der Waals surface area contributed by atoms with Gasteiger partial charge in [0.05, 0.1) is 12.6 Å². The van der Waals surface area contributed by atoms with Crippen LogP contribution in [0.3, 0.4) is 0 Å². The fourth-order valence-electron chi connectivity index (χ4n) is 4.98. The van der Waals surface area contributed by atoms with Crippen molar-refractivity contribution >= 4 is 34.8 Å². The zero-order valence-corrected chi connectivity index (χ0v) is 20.6. The van der Waals surface area contributed by atoms with Gasteiger partial charge in [0.2, 0.25) is 5.91 Å². The van der Waals surface area contributed by atoms with E-state index in [0.29, 0.717) is 43.3 Å². The van der Waals surface area contributed by atoms with Crippen molar-refractivity contribution in [3.05, 3.63) is 92.6 Å². The van der Waals surface area contributed by atoms with Gasteiger partial charge in [-0.15, -0.1) is 11.3 Å². The molecule has 1 fully saturated rings. The van der Waals surface area contributed by atoms with Gasteiger partial charge in [-0.25, -0.2) is 0 Å². The van der Waals surface area contributed by atoms with Crippen LogP contribution in [0.15, 0.2) is 66.0 Å². The molecule has 5 nitrogen and oxygen atoms in total. The molecule has 2 amide bonds. The summed E-state index contributed by atoms with van der Waals surface area (Å²) in [5, 5.41) is 2.86. The summed E-state index contributed by atoms with van der Waals surface area (Å²) in [7, 11) is 0. The van der Waals surface area contributed by atoms with Gasteiger partial charge < -0.3 is 9.80 Å². The summed E-state index contributed by atoms with van der Waals surface area (Å²) in [6, 6.07) is 19.6. The first kappa shape index (κ1) is 23.1. The smallest absolute Gasteiger partial charge is 0.253 e. The van der Waals surface area contributed by atoms with Gasteiger partial charge in [-0.3, -0.25) is 14.5 Å². The molecule has 2 aliphatic rings. The van der Waals surface area contributed by atoms with Crippen LogP contribution in [0.2, 0.25) is 5.02 Å². The number of thiophene rings is 1. The van der Waals surface area contributed by atoms with E-state index in [-0.39, 0.29) is 17.9 Å². The zero-order valence-electron chi connectivity index (χ0n) is 19.0. The molecular formula is C27H28ClN3O2S.